The summed E-state index contributed by atoms with van der Waals surface area (Å²) in [6.07, 6.45) is 2.68. The zero-order chi connectivity index (χ0) is 20.6. The Morgan fingerprint density at radius 3 is 2.45 bits per heavy atom. The number of ether oxygens (including phenoxy) is 2. The third kappa shape index (κ3) is 5.52. The van der Waals surface area contributed by atoms with Crippen LogP contribution in [-0.4, -0.2) is 19.0 Å². The first-order valence-corrected chi connectivity index (χ1v) is 8.75. The number of para-hydroxylation sites is 1. The number of hydrogen-bond donors (Lipinski definition) is 1. The standard InChI is InChI=1S/C23H18FNO4/c1-28-21-8-3-2-7-20(21)23(27)25-18-10-12-19(13-11-18)29-22(26)14-9-16-5-4-6-17(24)15-16/h2-15H,1H3,(H,25,27)/b14-9+. The molecule has 0 aliphatic heterocycles. The van der Waals surface area contributed by atoms with Gasteiger partial charge in [-0.15, -0.1) is 0 Å². The Balaban J connectivity index is 1.60. The Morgan fingerprint density at radius 2 is 1.72 bits per heavy atom. The second kappa shape index (κ2) is 9.32. The number of halogens is 1. The van der Waals surface area contributed by atoms with Crippen molar-refractivity contribution in [2.24, 2.45) is 0 Å². The molecule has 0 saturated heterocycles. The molecule has 3 aromatic carbocycles. The van der Waals surface area contributed by atoms with Crippen LogP contribution in [0.4, 0.5) is 10.1 Å². The summed E-state index contributed by atoms with van der Waals surface area (Å²) in [6.45, 7) is 0. The largest absolute Gasteiger partial charge is 0.496 e. The van der Waals surface area contributed by atoms with Crippen molar-refractivity contribution in [1.29, 1.82) is 0 Å². The molecule has 0 saturated carbocycles. The van der Waals surface area contributed by atoms with Gasteiger partial charge in [0.25, 0.3) is 5.91 Å². The molecule has 3 rings (SSSR count). The summed E-state index contributed by atoms with van der Waals surface area (Å²) in [5.41, 5.74) is 1.50. The van der Waals surface area contributed by atoms with Crippen molar-refractivity contribution >= 4 is 23.6 Å². The van der Waals surface area contributed by atoms with Gasteiger partial charge >= 0.3 is 5.97 Å². The number of benzene rings is 3. The van der Waals surface area contributed by atoms with E-state index in [1.54, 1.807) is 60.7 Å². The SMILES string of the molecule is COc1ccccc1C(=O)Nc1ccc(OC(=O)/C=C/c2cccc(F)c2)cc1. The number of esters is 1. The van der Waals surface area contributed by atoms with Crippen LogP contribution in [0.3, 0.4) is 0 Å². The van der Waals surface area contributed by atoms with Crippen LogP contribution in [0.15, 0.2) is 78.9 Å². The second-order valence-corrected chi connectivity index (χ2v) is 5.99. The highest BCUT2D eigenvalue weighted by Crippen LogP contribution is 2.21. The molecule has 0 radical (unpaired) electrons. The van der Waals surface area contributed by atoms with E-state index in [2.05, 4.69) is 5.32 Å². The third-order valence-electron chi connectivity index (χ3n) is 3.94. The maximum absolute atomic E-state index is 13.1. The summed E-state index contributed by atoms with van der Waals surface area (Å²) >= 11 is 0. The van der Waals surface area contributed by atoms with E-state index in [1.165, 1.54) is 31.4 Å². The van der Waals surface area contributed by atoms with Crippen LogP contribution in [0, 0.1) is 5.82 Å². The molecule has 0 aliphatic carbocycles. The Morgan fingerprint density at radius 1 is 0.966 bits per heavy atom. The number of carbonyl (C=O) groups is 2. The van der Waals surface area contributed by atoms with Crippen LogP contribution in [-0.2, 0) is 4.79 Å². The molecule has 3 aromatic rings. The van der Waals surface area contributed by atoms with Crippen LogP contribution in [0.2, 0.25) is 0 Å². The van der Waals surface area contributed by atoms with E-state index in [1.807, 2.05) is 0 Å². The molecule has 0 fully saturated rings. The molecule has 146 valence electrons. The summed E-state index contributed by atoms with van der Waals surface area (Å²) < 4.78 is 23.5. The van der Waals surface area contributed by atoms with Gasteiger partial charge in [-0.05, 0) is 60.2 Å². The number of nitrogens with one attached hydrogen (secondary N) is 1. The van der Waals surface area contributed by atoms with Crippen molar-refractivity contribution in [2.75, 3.05) is 12.4 Å². The third-order valence-corrected chi connectivity index (χ3v) is 3.94. The van der Waals surface area contributed by atoms with Gasteiger partial charge in [-0.1, -0.05) is 24.3 Å². The minimum absolute atomic E-state index is 0.314. The highest BCUT2D eigenvalue weighted by atomic mass is 19.1. The molecular weight excluding hydrogens is 373 g/mol. The quantitative estimate of drug-likeness (QED) is 0.376. The maximum Gasteiger partial charge on any atom is 0.336 e. The van der Waals surface area contributed by atoms with Crippen LogP contribution < -0.4 is 14.8 Å². The van der Waals surface area contributed by atoms with Crippen molar-refractivity contribution in [3.05, 3.63) is 95.8 Å². The molecule has 29 heavy (non-hydrogen) atoms. The molecule has 1 amide bonds. The van der Waals surface area contributed by atoms with E-state index >= 15 is 0 Å². The highest BCUT2D eigenvalue weighted by Gasteiger charge is 2.11. The minimum atomic E-state index is -0.597. The number of amides is 1. The van der Waals surface area contributed by atoms with Gasteiger partial charge in [0, 0.05) is 11.8 Å². The smallest absolute Gasteiger partial charge is 0.336 e. The van der Waals surface area contributed by atoms with Gasteiger partial charge in [0.05, 0.1) is 12.7 Å². The van der Waals surface area contributed by atoms with Crippen molar-refractivity contribution in [2.45, 2.75) is 0 Å². The number of carbonyl (C=O) groups excluding carboxylic acids is 2. The number of rotatable bonds is 6. The normalized spacial score (nSPS) is 10.6. The Kier molecular flexibility index (Phi) is 6.37. The Labute approximate surface area is 167 Å². The lowest BCUT2D eigenvalue weighted by Crippen LogP contribution is -2.13. The molecule has 0 bridgehead atoms. The van der Waals surface area contributed by atoms with Crippen LogP contribution in [0.25, 0.3) is 6.08 Å². The molecular formula is C23H18FNO4. The monoisotopic (exact) mass is 391 g/mol. The lowest BCUT2D eigenvalue weighted by molar-refractivity contribution is -0.128. The Hall–Kier alpha value is -3.93. The van der Waals surface area contributed by atoms with Crippen LogP contribution >= 0.6 is 0 Å². The Bertz CT molecular complexity index is 1040. The van der Waals surface area contributed by atoms with Crippen LogP contribution in [0.1, 0.15) is 15.9 Å². The van der Waals surface area contributed by atoms with E-state index in [0.717, 1.165) is 0 Å². The summed E-state index contributed by atoms with van der Waals surface area (Å²) in [7, 11) is 1.50. The zero-order valence-electron chi connectivity index (χ0n) is 15.6. The fourth-order valence-electron chi connectivity index (χ4n) is 2.56. The van der Waals surface area contributed by atoms with Gasteiger partial charge in [-0.2, -0.15) is 0 Å². The minimum Gasteiger partial charge on any atom is -0.496 e. The van der Waals surface area contributed by atoms with Gasteiger partial charge in [0.15, 0.2) is 0 Å². The lowest BCUT2D eigenvalue weighted by atomic mass is 10.2. The average molecular weight is 391 g/mol. The first-order valence-electron chi connectivity index (χ1n) is 8.75. The second-order valence-electron chi connectivity index (χ2n) is 5.99. The molecule has 0 spiro atoms. The number of anilines is 1. The molecule has 0 atom stereocenters. The predicted octanol–water partition coefficient (Wildman–Crippen LogP) is 4.71. The van der Waals surface area contributed by atoms with Crippen LogP contribution in [0.5, 0.6) is 11.5 Å². The molecule has 0 aromatic heterocycles. The van der Waals surface area contributed by atoms with Gasteiger partial charge in [0.1, 0.15) is 17.3 Å². The van der Waals surface area contributed by atoms with Gasteiger partial charge in [-0.25, -0.2) is 9.18 Å². The molecule has 0 aliphatic rings. The fourth-order valence-corrected chi connectivity index (χ4v) is 2.56. The molecule has 0 unspecified atom stereocenters. The van der Waals surface area contributed by atoms with Gasteiger partial charge < -0.3 is 14.8 Å². The predicted molar refractivity (Wildman–Crippen MR) is 108 cm³/mol. The highest BCUT2D eigenvalue weighted by molar-refractivity contribution is 6.06. The van der Waals surface area contributed by atoms with Crippen molar-refractivity contribution in [3.63, 3.8) is 0 Å². The average Bonchev–Trinajstić information content (AvgIpc) is 2.73. The summed E-state index contributed by atoms with van der Waals surface area (Å²) in [5, 5.41) is 2.76. The fraction of sp³-hybridized carbons (Fsp3) is 0.0435. The zero-order valence-corrected chi connectivity index (χ0v) is 15.6. The van der Waals surface area contributed by atoms with Gasteiger partial charge in [-0.3, -0.25) is 4.79 Å². The summed E-state index contributed by atoms with van der Waals surface area (Å²) in [4.78, 5) is 24.3. The van der Waals surface area contributed by atoms with E-state index in [0.29, 0.717) is 28.3 Å². The van der Waals surface area contributed by atoms with Crippen molar-refractivity contribution in [3.8, 4) is 11.5 Å². The van der Waals surface area contributed by atoms with E-state index in [9.17, 15) is 14.0 Å². The molecule has 5 nitrogen and oxygen atoms in total. The molecule has 6 heteroatoms. The lowest BCUT2D eigenvalue weighted by Gasteiger charge is -2.09. The van der Waals surface area contributed by atoms with Gasteiger partial charge in [0.2, 0.25) is 0 Å². The van der Waals surface area contributed by atoms with E-state index in [4.69, 9.17) is 9.47 Å². The van der Waals surface area contributed by atoms with E-state index in [-0.39, 0.29) is 11.7 Å². The first-order chi connectivity index (χ1) is 14.0. The molecule has 0 heterocycles. The summed E-state index contributed by atoms with van der Waals surface area (Å²) in [6, 6.07) is 19.1. The topological polar surface area (TPSA) is 64.6 Å². The van der Waals surface area contributed by atoms with Crippen molar-refractivity contribution < 1.29 is 23.5 Å². The summed E-state index contributed by atoms with van der Waals surface area (Å²) in [5.74, 6) is -0.508. The first kappa shape index (κ1) is 19.8. The number of methoxy groups -OCH3 is 1. The maximum atomic E-state index is 13.1. The molecule has 1 N–H and O–H groups in total. The van der Waals surface area contributed by atoms with Crippen molar-refractivity contribution in [1.82, 2.24) is 0 Å². The number of hydrogen-bond acceptors (Lipinski definition) is 4. The van der Waals surface area contributed by atoms with E-state index < -0.39 is 5.97 Å².